The average Bonchev–Trinajstić information content (AvgIpc) is 2.55. The van der Waals surface area contributed by atoms with E-state index in [0.29, 0.717) is 21.7 Å². The van der Waals surface area contributed by atoms with Gasteiger partial charge in [-0.1, -0.05) is 29.3 Å². The Kier molecular flexibility index (Phi) is 6.33. The summed E-state index contributed by atoms with van der Waals surface area (Å²) in [7, 11) is 1.15. The highest BCUT2D eigenvalue weighted by atomic mass is 35.5. The fourth-order valence-electron chi connectivity index (χ4n) is 2.19. The minimum absolute atomic E-state index is 0.0469. The highest BCUT2D eigenvalue weighted by Crippen LogP contribution is 2.25. The molecule has 0 saturated carbocycles. The molecule has 132 valence electrons. The molecule has 2 rings (SSSR count). The summed E-state index contributed by atoms with van der Waals surface area (Å²) in [5.41, 5.74) is 0.170. The van der Waals surface area contributed by atoms with Crippen molar-refractivity contribution in [2.75, 3.05) is 7.11 Å². The first-order chi connectivity index (χ1) is 11.8. The summed E-state index contributed by atoms with van der Waals surface area (Å²) in [5, 5.41) is 3.00. The van der Waals surface area contributed by atoms with Crippen molar-refractivity contribution < 1.29 is 23.1 Å². The molecular weight excluding hydrogens is 375 g/mol. The predicted molar refractivity (Wildman–Crippen MR) is 89.8 cm³/mol. The van der Waals surface area contributed by atoms with E-state index in [1.165, 1.54) is 0 Å². The number of carbonyl (C=O) groups is 2. The van der Waals surface area contributed by atoms with Gasteiger partial charge in [-0.2, -0.15) is 0 Å². The number of ether oxygens (including phenoxy) is 1. The van der Waals surface area contributed by atoms with Crippen LogP contribution >= 0.6 is 23.2 Å². The third-order valence-electron chi connectivity index (χ3n) is 3.39. The Morgan fingerprint density at radius 1 is 1.12 bits per heavy atom. The van der Waals surface area contributed by atoms with Crippen LogP contribution in [0, 0.1) is 11.6 Å². The Morgan fingerprint density at radius 2 is 1.68 bits per heavy atom. The molecule has 0 aliphatic carbocycles. The van der Waals surface area contributed by atoms with Crippen LogP contribution in [0.3, 0.4) is 0 Å². The largest absolute Gasteiger partial charge is 0.467 e. The zero-order chi connectivity index (χ0) is 18.6. The first-order valence-corrected chi connectivity index (χ1v) is 7.85. The van der Waals surface area contributed by atoms with Crippen LogP contribution in [0.4, 0.5) is 8.78 Å². The molecule has 0 aliphatic rings. The van der Waals surface area contributed by atoms with E-state index < -0.39 is 29.6 Å². The Balaban J connectivity index is 2.26. The third-order valence-corrected chi connectivity index (χ3v) is 4.09. The summed E-state index contributed by atoms with van der Waals surface area (Å²) in [4.78, 5) is 24.2. The van der Waals surface area contributed by atoms with Crippen molar-refractivity contribution in [1.29, 1.82) is 0 Å². The first kappa shape index (κ1) is 19.1. The Hall–Kier alpha value is -2.18. The van der Waals surface area contributed by atoms with Crippen molar-refractivity contribution in [2.24, 2.45) is 0 Å². The van der Waals surface area contributed by atoms with E-state index in [1.54, 1.807) is 18.2 Å². The molecule has 0 unspecified atom stereocenters. The van der Waals surface area contributed by atoms with Gasteiger partial charge in [0.05, 0.1) is 7.11 Å². The lowest BCUT2D eigenvalue weighted by Crippen LogP contribution is -2.43. The zero-order valence-electron chi connectivity index (χ0n) is 13.0. The van der Waals surface area contributed by atoms with E-state index >= 15 is 0 Å². The van der Waals surface area contributed by atoms with E-state index in [1.807, 2.05) is 0 Å². The van der Waals surface area contributed by atoms with E-state index in [-0.39, 0.29) is 12.0 Å². The van der Waals surface area contributed by atoms with Crippen molar-refractivity contribution >= 4 is 35.1 Å². The third kappa shape index (κ3) is 4.90. The van der Waals surface area contributed by atoms with Gasteiger partial charge in [-0.3, -0.25) is 4.79 Å². The highest BCUT2D eigenvalue weighted by molar-refractivity contribution is 6.36. The Morgan fingerprint density at radius 3 is 2.20 bits per heavy atom. The van der Waals surface area contributed by atoms with Crippen LogP contribution in [0.2, 0.25) is 10.0 Å². The molecule has 25 heavy (non-hydrogen) atoms. The SMILES string of the molecule is COC(=O)[C@H](Cc1c(Cl)cccc1Cl)NC(=O)c1cc(F)cc(F)c1. The lowest BCUT2D eigenvalue weighted by Gasteiger charge is -2.18. The van der Waals surface area contributed by atoms with Gasteiger partial charge in [0.25, 0.3) is 5.91 Å². The van der Waals surface area contributed by atoms with Gasteiger partial charge in [0.1, 0.15) is 17.7 Å². The number of amides is 1. The number of methoxy groups -OCH3 is 1. The molecule has 0 bridgehead atoms. The molecule has 0 radical (unpaired) electrons. The average molecular weight is 388 g/mol. The monoisotopic (exact) mass is 387 g/mol. The smallest absolute Gasteiger partial charge is 0.328 e. The number of esters is 1. The van der Waals surface area contributed by atoms with Crippen LogP contribution in [-0.2, 0) is 16.0 Å². The second-order valence-electron chi connectivity index (χ2n) is 5.11. The summed E-state index contributed by atoms with van der Waals surface area (Å²) in [6, 6.07) is 6.01. The summed E-state index contributed by atoms with van der Waals surface area (Å²) in [5.74, 6) is -3.40. The molecule has 2 aromatic carbocycles. The molecule has 2 aromatic rings. The molecule has 0 aliphatic heterocycles. The van der Waals surface area contributed by atoms with Crippen LogP contribution in [0.1, 0.15) is 15.9 Å². The number of rotatable bonds is 5. The highest BCUT2D eigenvalue weighted by Gasteiger charge is 2.25. The van der Waals surface area contributed by atoms with Gasteiger partial charge in [-0.15, -0.1) is 0 Å². The molecule has 1 atom stereocenters. The van der Waals surface area contributed by atoms with E-state index in [2.05, 4.69) is 10.1 Å². The zero-order valence-corrected chi connectivity index (χ0v) is 14.5. The van der Waals surface area contributed by atoms with Crippen molar-refractivity contribution in [3.63, 3.8) is 0 Å². The van der Waals surface area contributed by atoms with Crippen LogP contribution in [0.25, 0.3) is 0 Å². The van der Waals surface area contributed by atoms with Gasteiger partial charge < -0.3 is 10.1 Å². The molecule has 0 spiro atoms. The fraction of sp³-hybridized carbons (Fsp3) is 0.176. The number of benzene rings is 2. The quantitative estimate of drug-likeness (QED) is 0.794. The van der Waals surface area contributed by atoms with Gasteiger partial charge >= 0.3 is 5.97 Å². The molecule has 1 N–H and O–H groups in total. The number of carbonyl (C=O) groups excluding carboxylic acids is 2. The number of hydrogen-bond acceptors (Lipinski definition) is 3. The maximum atomic E-state index is 13.3. The molecule has 4 nitrogen and oxygen atoms in total. The van der Waals surface area contributed by atoms with Crippen molar-refractivity contribution in [3.05, 3.63) is 69.2 Å². The molecule has 0 aromatic heterocycles. The maximum absolute atomic E-state index is 13.3. The fourth-order valence-corrected chi connectivity index (χ4v) is 2.75. The van der Waals surface area contributed by atoms with E-state index in [4.69, 9.17) is 23.2 Å². The van der Waals surface area contributed by atoms with Gasteiger partial charge in [-0.25, -0.2) is 13.6 Å². The van der Waals surface area contributed by atoms with Crippen LogP contribution < -0.4 is 5.32 Å². The Bertz CT molecular complexity index is 774. The maximum Gasteiger partial charge on any atom is 0.328 e. The lowest BCUT2D eigenvalue weighted by atomic mass is 10.0. The first-order valence-electron chi connectivity index (χ1n) is 7.09. The summed E-state index contributed by atoms with van der Waals surface area (Å²) in [6.07, 6.45) is -0.0469. The Labute approximate surface area is 152 Å². The number of halogens is 4. The van der Waals surface area contributed by atoms with Crippen molar-refractivity contribution in [2.45, 2.75) is 12.5 Å². The summed E-state index contributed by atoms with van der Waals surface area (Å²) < 4.78 is 31.2. The van der Waals surface area contributed by atoms with Crippen LogP contribution in [0.5, 0.6) is 0 Å². The van der Waals surface area contributed by atoms with E-state index in [0.717, 1.165) is 19.2 Å². The predicted octanol–water partition coefficient (Wildman–Crippen LogP) is 3.79. The topological polar surface area (TPSA) is 55.4 Å². The second-order valence-corrected chi connectivity index (χ2v) is 5.93. The normalized spacial score (nSPS) is 11.7. The number of hydrogen-bond donors (Lipinski definition) is 1. The van der Waals surface area contributed by atoms with Gasteiger partial charge in [-0.05, 0) is 29.8 Å². The second kappa shape index (κ2) is 8.27. The minimum Gasteiger partial charge on any atom is -0.467 e. The molecule has 0 heterocycles. The van der Waals surface area contributed by atoms with Gasteiger partial charge in [0.2, 0.25) is 0 Å². The molecular formula is C17H13Cl2F2NO3. The summed E-state index contributed by atoms with van der Waals surface area (Å²) in [6.45, 7) is 0. The summed E-state index contributed by atoms with van der Waals surface area (Å²) >= 11 is 12.1. The standard InChI is InChI=1S/C17H13Cl2F2NO3/c1-25-17(24)15(8-12-13(18)3-2-4-14(12)19)22-16(23)9-5-10(20)7-11(21)6-9/h2-7,15H,8H2,1H3,(H,22,23)/t15-/m0/s1. The van der Waals surface area contributed by atoms with Gasteiger partial charge in [0, 0.05) is 28.1 Å². The molecule has 8 heteroatoms. The van der Waals surface area contributed by atoms with Crippen molar-refractivity contribution in [3.8, 4) is 0 Å². The van der Waals surface area contributed by atoms with Gasteiger partial charge in [0.15, 0.2) is 0 Å². The molecule has 0 saturated heterocycles. The van der Waals surface area contributed by atoms with E-state index in [9.17, 15) is 18.4 Å². The molecule has 1 amide bonds. The van der Waals surface area contributed by atoms with Crippen molar-refractivity contribution in [1.82, 2.24) is 5.32 Å². The lowest BCUT2D eigenvalue weighted by molar-refractivity contribution is -0.142. The van der Waals surface area contributed by atoms with Crippen LogP contribution in [-0.4, -0.2) is 25.0 Å². The minimum atomic E-state index is -1.14. The van der Waals surface area contributed by atoms with Crippen LogP contribution in [0.15, 0.2) is 36.4 Å². The molecule has 0 fully saturated rings. The number of nitrogens with one attached hydrogen (secondary N) is 1.